The number of nitrogens with zero attached hydrogens (tertiary/aromatic N) is 3. The first-order valence-electron chi connectivity index (χ1n) is 9.13. The number of amidine groups is 1. The number of benzene rings is 2. The van der Waals surface area contributed by atoms with Crippen LogP contribution in [-0.2, 0) is 6.18 Å². The summed E-state index contributed by atoms with van der Waals surface area (Å²) in [6.07, 6.45) is -4.19. The van der Waals surface area contributed by atoms with Crippen LogP contribution in [0.25, 0.3) is 16.5 Å². The van der Waals surface area contributed by atoms with Gasteiger partial charge in [0.1, 0.15) is 5.84 Å². The van der Waals surface area contributed by atoms with Gasteiger partial charge in [-0.05, 0) is 35.9 Å². The highest BCUT2D eigenvalue weighted by atomic mass is 19.4. The predicted molar refractivity (Wildman–Crippen MR) is 107 cm³/mol. The number of amides is 1. The minimum absolute atomic E-state index is 0.171. The van der Waals surface area contributed by atoms with Crippen LogP contribution in [0.4, 0.5) is 18.0 Å². The van der Waals surface area contributed by atoms with Gasteiger partial charge >= 0.3 is 12.3 Å². The van der Waals surface area contributed by atoms with E-state index in [1.165, 1.54) is 12.1 Å². The number of carbonyl (C=O) groups is 1. The van der Waals surface area contributed by atoms with Crippen LogP contribution < -0.4 is 0 Å². The zero-order valence-electron chi connectivity index (χ0n) is 15.6. The summed E-state index contributed by atoms with van der Waals surface area (Å²) in [7, 11) is 0. The van der Waals surface area contributed by atoms with E-state index in [4.69, 9.17) is 0 Å². The highest BCUT2D eigenvalue weighted by molar-refractivity contribution is 6.08. The summed E-state index contributed by atoms with van der Waals surface area (Å²) in [6, 6.07) is 15.8. The Bertz CT molecular complexity index is 1190. The first-order valence-corrected chi connectivity index (χ1v) is 9.13. The van der Waals surface area contributed by atoms with Crippen molar-refractivity contribution in [2.45, 2.75) is 6.18 Å². The third-order valence-electron chi connectivity index (χ3n) is 4.75. The quantitative estimate of drug-likeness (QED) is 0.654. The molecule has 0 spiro atoms. The van der Waals surface area contributed by atoms with Crippen LogP contribution in [0.2, 0.25) is 0 Å². The number of hydrogen-bond acceptors (Lipinski definition) is 3. The Morgan fingerprint density at radius 3 is 2.63 bits per heavy atom. The number of aliphatic imine (C=N–C) groups is 1. The van der Waals surface area contributed by atoms with Gasteiger partial charge in [0.05, 0.1) is 29.9 Å². The van der Waals surface area contributed by atoms with Crippen molar-refractivity contribution in [3.05, 3.63) is 83.6 Å². The Labute approximate surface area is 169 Å². The van der Waals surface area contributed by atoms with Crippen molar-refractivity contribution in [1.29, 1.82) is 0 Å². The summed E-state index contributed by atoms with van der Waals surface area (Å²) in [4.78, 5) is 21.3. The van der Waals surface area contributed by atoms with Crippen LogP contribution in [0.15, 0.2) is 71.7 Å². The molecule has 0 bridgehead atoms. The molecular formula is C22H16F3N3O2. The van der Waals surface area contributed by atoms with Gasteiger partial charge in [0.2, 0.25) is 0 Å². The summed E-state index contributed by atoms with van der Waals surface area (Å²) in [6.45, 7) is 0.487. The van der Waals surface area contributed by atoms with E-state index in [0.29, 0.717) is 23.3 Å². The average molecular weight is 411 g/mol. The Morgan fingerprint density at radius 1 is 1.07 bits per heavy atom. The maximum Gasteiger partial charge on any atom is 0.416 e. The fourth-order valence-electron chi connectivity index (χ4n) is 3.30. The first-order chi connectivity index (χ1) is 14.3. The molecule has 0 radical (unpaired) electrons. The van der Waals surface area contributed by atoms with Crippen molar-refractivity contribution >= 4 is 28.4 Å². The second-order valence-electron chi connectivity index (χ2n) is 6.70. The average Bonchev–Trinajstić information content (AvgIpc) is 3.20. The molecule has 2 aromatic carbocycles. The summed E-state index contributed by atoms with van der Waals surface area (Å²) < 4.78 is 39.8. The third-order valence-corrected chi connectivity index (χ3v) is 4.75. The summed E-state index contributed by atoms with van der Waals surface area (Å²) in [5.41, 5.74) is 0.936. The molecule has 0 aliphatic carbocycles. The molecule has 0 fully saturated rings. The SMILES string of the molecule is O=C(O)N1CCN=C1C=C(c1cccc(C(F)(F)F)c1)c1ccc2ccccc2n1. The zero-order valence-corrected chi connectivity index (χ0v) is 15.6. The molecular weight excluding hydrogens is 395 g/mol. The van der Waals surface area contributed by atoms with Crippen molar-refractivity contribution in [2.75, 3.05) is 13.1 Å². The molecule has 0 unspecified atom stereocenters. The summed E-state index contributed by atoms with van der Waals surface area (Å²) in [5, 5.41) is 10.3. The van der Waals surface area contributed by atoms with Crippen molar-refractivity contribution in [3.8, 4) is 0 Å². The molecule has 1 aromatic heterocycles. The van der Waals surface area contributed by atoms with E-state index in [9.17, 15) is 23.1 Å². The maximum atomic E-state index is 13.3. The Morgan fingerprint density at radius 2 is 1.87 bits per heavy atom. The van der Waals surface area contributed by atoms with Crippen LogP contribution in [0.1, 0.15) is 16.8 Å². The maximum absolute atomic E-state index is 13.3. The second-order valence-corrected chi connectivity index (χ2v) is 6.70. The van der Waals surface area contributed by atoms with Crippen LogP contribution in [0, 0.1) is 0 Å². The van der Waals surface area contributed by atoms with Gasteiger partial charge in [-0.1, -0.05) is 36.4 Å². The Kier molecular flexibility index (Phi) is 4.99. The minimum Gasteiger partial charge on any atom is -0.465 e. The van der Waals surface area contributed by atoms with Gasteiger partial charge in [0.25, 0.3) is 0 Å². The molecule has 2 heterocycles. The summed E-state index contributed by atoms with van der Waals surface area (Å²) >= 11 is 0. The number of carboxylic acid groups (broad SMARTS) is 1. The lowest BCUT2D eigenvalue weighted by Gasteiger charge is -2.15. The molecule has 1 aliphatic heterocycles. The van der Waals surface area contributed by atoms with Crippen LogP contribution >= 0.6 is 0 Å². The van der Waals surface area contributed by atoms with Gasteiger partial charge in [-0.25, -0.2) is 9.78 Å². The van der Waals surface area contributed by atoms with Gasteiger partial charge in [0.15, 0.2) is 0 Å². The molecule has 5 nitrogen and oxygen atoms in total. The molecule has 152 valence electrons. The van der Waals surface area contributed by atoms with Crippen molar-refractivity contribution in [1.82, 2.24) is 9.88 Å². The summed E-state index contributed by atoms with van der Waals surface area (Å²) in [5.74, 6) is 0.171. The number of pyridine rings is 1. The van der Waals surface area contributed by atoms with Crippen LogP contribution in [0.3, 0.4) is 0 Å². The van der Waals surface area contributed by atoms with Gasteiger partial charge in [-0.2, -0.15) is 13.2 Å². The van der Waals surface area contributed by atoms with Gasteiger partial charge in [-0.3, -0.25) is 9.89 Å². The molecule has 30 heavy (non-hydrogen) atoms. The van der Waals surface area contributed by atoms with E-state index in [1.807, 2.05) is 24.3 Å². The minimum atomic E-state index is -4.50. The molecule has 0 saturated heterocycles. The van der Waals surface area contributed by atoms with E-state index in [2.05, 4.69) is 9.98 Å². The lowest BCUT2D eigenvalue weighted by Crippen LogP contribution is -2.31. The van der Waals surface area contributed by atoms with Crippen molar-refractivity contribution in [2.24, 2.45) is 4.99 Å². The van der Waals surface area contributed by atoms with Crippen molar-refractivity contribution in [3.63, 3.8) is 0 Å². The largest absolute Gasteiger partial charge is 0.465 e. The second kappa shape index (κ2) is 7.62. The normalized spacial score (nSPS) is 14.8. The number of hydrogen-bond donors (Lipinski definition) is 1. The molecule has 8 heteroatoms. The molecule has 0 atom stereocenters. The standard InChI is InChI=1S/C22H16F3N3O2/c23-22(24,25)16-6-3-5-15(12-16)17(13-20-26-10-11-28(20)21(29)30)19-9-8-14-4-1-2-7-18(14)27-19/h1-9,12-13H,10-11H2,(H,29,30). The number of halogens is 3. The van der Waals surface area contributed by atoms with E-state index in [0.717, 1.165) is 22.4 Å². The van der Waals surface area contributed by atoms with Gasteiger partial charge < -0.3 is 5.11 Å². The lowest BCUT2D eigenvalue weighted by molar-refractivity contribution is -0.137. The number of alkyl halides is 3. The third kappa shape index (κ3) is 3.89. The van der Waals surface area contributed by atoms with E-state index >= 15 is 0 Å². The number of rotatable bonds is 3. The fraction of sp³-hybridized carbons (Fsp3) is 0.136. The van der Waals surface area contributed by atoms with E-state index in [1.54, 1.807) is 18.2 Å². The van der Waals surface area contributed by atoms with Crippen molar-refractivity contribution < 1.29 is 23.1 Å². The number of fused-ring (bicyclic) bond motifs is 1. The zero-order chi connectivity index (χ0) is 21.3. The Balaban J connectivity index is 1.89. The number of para-hydroxylation sites is 1. The molecule has 3 aromatic rings. The molecule has 1 N–H and O–H groups in total. The highest BCUT2D eigenvalue weighted by Gasteiger charge is 2.31. The monoisotopic (exact) mass is 411 g/mol. The van der Waals surface area contributed by atoms with Gasteiger partial charge in [0, 0.05) is 11.0 Å². The predicted octanol–water partition coefficient (Wildman–Crippen LogP) is 5.08. The molecule has 4 rings (SSSR count). The fourth-order valence-corrected chi connectivity index (χ4v) is 3.30. The lowest BCUT2D eigenvalue weighted by atomic mass is 9.98. The Hall–Kier alpha value is -3.68. The first kappa shape index (κ1) is 19.6. The molecule has 1 aliphatic rings. The topological polar surface area (TPSA) is 65.8 Å². The van der Waals surface area contributed by atoms with Crippen LogP contribution in [0.5, 0.6) is 0 Å². The molecule has 0 saturated carbocycles. The molecule has 1 amide bonds. The smallest absolute Gasteiger partial charge is 0.416 e. The van der Waals surface area contributed by atoms with E-state index < -0.39 is 17.8 Å². The number of aromatic nitrogens is 1. The highest BCUT2D eigenvalue weighted by Crippen LogP contribution is 2.33. The van der Waals surface area contributed by atoms with Crippen LogP contribution in [-0.4, -0.2) is 40.0 Å². The van der Waals surface area contributed by atoms with Gasteiger partial charge in [-0.15, -0.1) is 0 Å². The van der Waals surface area contributed by atoms with E-state index in [-0.39, 0.29) is 17.9 Å².